The molecule has 0 radical (unpaired) electrons. The van der Waals surface area contributed by atoms with Gasteiger partial charge < -0.3 is 29.5 Å². The van der Waals surface area contributed by atoms with Gasteiger partial charge in [0.15, 0.2) is 12.3 Å². The fraction of sp³-hybridized carbons (Fsp3) is 0.857. The van der Waals surface area contributed by atoms with E-state index in [9.17, 15) is 19.3 Å². The van der Waals surface area contributed by atoms with Crippen LogP contribution in [0.1, 0.15) is 79.1 Å². The molecule has 0 amide bonds. The van der Waals surface area contributed by atoms with Crippen LogP contribution in [0, 0.1) is 5.92 Å². The molecule has 32 heavy (non-hydrogen) atoms. The number of carboxylic acids is 1. The summed E-state index contributed by atoms with van der Waals surface area (Å²) in [6.07, 6.45) is 7.04. The lowest BCUT2D eigenvalue weighted by molar-refractivity contribution is -0.163. The maximum Gasteiger partial charge on any atom is 0.345 e. The first-order valence-corrected chi connectivity index (χ1v) is 12.9. The highest BCUT2D eigenvalue weighted by Gasteiger charge is 2.45. The van der Waals surface area contributed by atoms with Gasteiger partial charge in [-0.1, -0.05) is 37.3 Å². The van der Waals surface area contributed by atoms with Crippen molar-refractivity contribution in [2.75, 3.05) is 19.8 Å². The second kappa shape index (κ2) is 13.8. The van der Waals surface area contributed by atoms with Gasteiger partial charge in [0, 0.05) is 5.92 Å². The van der Waals surface area contributed by atoms with Crippen LogP contribution in [0.2, 0.25) is 0 Å². The summed E-state index contributed by atoms with van der Waals surface area (Å²) >= 11 is 0. The summed E-state index contributed by atoms with van der Waals surface area (Å²) in [7, 11) is -4.04. The first-order valence-electron chi connectivity index (χ1n) is 11.3. The molecule has 0 heterocycles. The Bertz CT molecular complexity index is 665. The second-order valence-corrected chi connectivity index (χ2v) is 10.7. The molecule has 1 saturated carbocycles. The molecule has 1 aliphatic rings. The van der Waals surface area contributed by atoms with Gasteiger partial charge in [0.2, 0.25) is 0 Å². The predicted molar refractivity (Wildman–Crippen MR) is 120 cm³/mol. The Kier molecular flexibility index (Phi) is 12.2. The Labute approximate surface area is 190 Å². The Balaban J connectivity index is 2.79. The predicted octanol–water partition coefficient (Wildman–Crippen LogP) is 4.07. The summed E-state index contributed by atoms with van der Waals surface area (Å²) in [4.78, 5) is 29.4. The minimum absolute atomic E-state index is 0.0116. The standard InChI is InChI=1S/C21H39N2O8P/c1-5-29-32(27,30-6-2)17(14-18(24)25)20(26)31-21(3,4)15-28-23-19(22)16-12-10-8-7-9-11-13-16/h16-17H,5-15H2,1-4H3,(H2,22,23)(H,24,25). The summed E-state index contributed by atoms with van der Waals surface area (Å²) in [6, 6.07) is 0. The fourth-order valence-electron chi connectivity index (χ4n) is 3.53. The van der Waals surface area contributed by atoms with E-state index in [2.05, 4.69) is 5.16 Å². The molecular weight excluding hydrogens is 439 g/mol. The summed E-state index contributed by atoms with van der Waals surface area (Å²) in [5.41, 5.74) is 3.33. The highest BCUT2D eigenvalue weighted by molar-refractivity contribution is 7.55. The van der Waals surface area contributed by atoms with Crippen LogP contribution in [0.5, 0.6) is 0 Å². The maximum atomic E-state index is 13.0. The number of esters is 1. The van der Waals surface area contributed by atoms with Gasteiger partial charge in [0.1, 0.15) is 11.4 Å². The van der Waals surface area contributed by atoms with Crippen LogP contribution in [0.4, 0.5) is 0 Å². The average molecular weight is 479 g/mol. The highest BCUT2D eigenvalue weighted by atomic mass is 31.2. The number of rotatable bonds is 13. The van der Waals surface area contributed by atoms with E-state index in [1.807, 2.05) is 0 Å². The van der Waals surface area contributed by atoms with E-state index in [4.69, 9.17) is 24.4 Å². The van der Waals surface area contributed by atoms with Crippen molar-refractivity contribution in [1.29, 1.82) is 0 Å². The van der Waals surface area contributed by atoms with Crippen molar-refractivity contribution in [2.24, 2.45) is 16.8 Å². The van der Waals surface area contributed by atoms with E-state index >= 15 is 0 Å². The molecule has 11 heteroatoms. The topological polar surface area (TPSA) is 147 Å². The van der Waals surface area contributed by atoms with Crippen molar-refractivity contribution >= 4 is 25.4 Å². The lowest BCUT2D eigenvalue weighted by Gasteiger charge is -2.29. The zero-order valence-corrected chi connectivity index (χ0v) is 20.6. The lowest BCUT2D eigenvalue weighted by atomic mass is 9.90. The molecular formula is C21H39N2O8P. The van der Waals surface area contributed by atoms with Crippen LogP contribution in [0.25, 0.3) is 0 Å². The number of hydrogen-bond donors (Lipinski definition) is 2. The zero-order valence-electron chi connectivity index (χ0n) is 19.7. The van der Waals surface area contributed by atoms with E-state index in [1.54, 1.807) is 27.7 Å². The number of carbonyl (C=O) groups excluding carboxylic acids is 1. The van der Waals surface area contributed by atoms with E-state index < -0.39 is 37.2 Å². The molecule has 0 saturated heterocycles. The molecule has 1 unspecified atom stereocenters. The molecule has 0 bridgehead atoms. The van der Waals surface area contributed by atoms with Crippen LogP contribution in [0.15, 0.2) is 5.16 Å². The highest BCUT2D eigenvalue weighted by Crippen LogP contribution is 2.54. The van der Waals surface area contributed by atoms with Gasteiger partial charge in [-0.05, 0) is 40.5 Å². The molecule has 186 valence electrons. The summed E-state index contributed by atoms with van der Waals surface area (Å²) in [6.45, 7) is 6.17. The van der Waals surface area contributed by atoms with Crippen molar-refractivity contribution < 1.29 is 37.9 Å². The minimum Gasteiger partial charge on any atom is -0.481 e. The zero-order chi connectivity index (χ0) is 24.2. The van der Waals surface area contributed by atoms with Gasteiger partial charge in [-0.15, -0.1) is 0 Å². The lowest BCUT2D eigenvalue weighted by Crippen LogP contribution is -2.38. The Morgan fingerprint density at radius 3 is 2.12 bits per heavy atom. The molecule has 0 aliphatic heterocycles. The number of nitrogens with two attached hydrogens (primary N) is 1. The number of oxime groups is 1. The van der Waals surface area contributed by atoms with E-state index in [0.29, 0.717) is 5.84 Å². The normalized spacial score (nSPS) is 17.8. The number of aliphatic carboxylic acids is 1. The Hall–Kier alpha value is -1.64. The minimum atomic E-state index is -4.04. The van der Waals surface area contributed by atoms with E-state index in [-0.39, 0.29) is 25.7 Å². The van der Waals surface area contributed by atoms with Gasteiger partial charge in [-0.2, -0.15) is 0 Å². The van der Waals surface area contributed by atoms with Crippen LogP contribution >= 0.6 is 7.60 Å². The first kappa shape index (κ1) is 28.4. The number of carboxylic acid groups (broad SMARTS) is 1. The molecule has 1 aliphatic carbocycles. The fourth-order valence-corrected chi connectivity index (χ4v) is 5.37. The molecule has 10 nitrogen and oxygen atoms in total. The molecule has 0 spiro atoms. The monoisotopic (exact) mass is 478 g/mol. The molecule has 1 rings (SSSR count). The van der Waals surface area contributed by atoms with Crippen molar-refractivity contribution in [2.45, 2.75) is 90.3 Å². The number of nitrogens with zero attached hydrogens (tertiary/aromatic N) is 1. The maximum absolute atomic E-state index is 13.0. The Morgan fingerprint density at radius 1 is 1.09 bits per heavy atom. The van der Waals surface area contributed by atoms with Gasteiger partial charge in [0.05, 0.1) is 19.6 Å². The summed E-state index contributed by atoms with van der Waals surface area (Å²) in [5, 5.41) is 13.2. The number of ether oxygens (including phenoxy) is 1. The van der Waals surface area contributed by atoms with Crippen molar-refractivity contribution in [3.05, 3.63) is 0 Å². The SMILES string of the molecule is CCOP(=O)(OCC)C(CC(=O)O)C(=O)OC(C)(C)CON=C(N)C1CCCCCCC1. The third-order valence-corrected chi connectivity index (χ3v) is 7.52. The summed E-state index contributed by atoms with van der Waals surface area (Å²) in [5.74, 6) is -1.72. The first-order chi connectivity index (χ1) is 15.0. The van der Waals surface area contributed by atoms with E-state index in [1.165, 1.54) is 19.3 Å². The second-order valence-electron chi connectivity index (χ2n) is 8.50. The summed E-state index contributed by atoms with van der Waals surface area (Å²) < 4.78 is 28.8. The van der Waals surface area contributed by atoms with Crippen LogP contribution < -0.4 is 5.73 Å². The number of hydrogen-bond acceptors (Lipinski definition) is 8. The molecule has 0 aromatic rings. The smallest absolute Gasteiger partial charge is 0.345 e. The average Bonchev–Trinajstić information content (AvgIpc) is 2.65. The third kappa shape index (κ3) is 9.88. The van der Waals surface area contributed by atoms with Gasteiger partial charge in [-0.3, -0.25) is 14.2 Å². The van der Waals surface area contributed by atoms with Gasteiger partial charge in [0.25, 0.3) is 0 Å². The number of carbonyl (C=O) groups is 2. The molecule has 0 aromatic heterocycles. The van der Waals surface area contributed by atoms with Gasteiger partial charge >= 0.3 is 19.5 Å². The van der Waals surface area contributed by atoms with Gasteiger partial charge in [-0.25, -0.2) is 0 Å². The largest absolute Gasteiger partial charge is 0.481 e. The van der Waals surface area contributed by atoms with Crippen molar-refractivity contribution in [1.82, 2.24) is 0 Å². The number of amidine groups is 1. The molecule has 0 aromatic carbocycles. The van der Waals surface area contributed by atoms with Crippen molar-refractivity contribution in [3.63, 3.8) is 0 Å². The van der Waals surface area contributed by atoms with E-state index in [0.717, 1.165) is 25.7 Å². The Morgan fingerprint density at radius 2 is 1.62 bits per heavy atom. The molecule has 1 atom stereocenters. The quantitative estimate of drug-likeness (QED) is 0.131. The third-order valence-electron chi connectivity index (χ3n) is 5.12. The molecule has 1 fully saturated rings. The van der Waals surface area contributed by atoms with Crippen LogP contribution in [-0.2, 0) is 32.8 Å². The van der Waals surface area contributed by atoms with Crippen LogP contribution in [0.3, 0.4) is 0 Å². The van der Waals surface area contributed by atoms with Crippen molar-refractivity contribution in [3.8, 4) is 0 Å². The molecule has 3 N–H and O–H groups in total. The van der Waals surface area contributed by atoms with Crippen LogP contribution in [-0.4, -0.2) is 54.0 Å².